The summed E-state index contributed by atoms with van der Waals surface area (Å²) in [4.78, 5) is 12.8. The topological polar surface area (TPSA) is 75.6 Å². The van der Waals surface area contributed by atoms with Crippen molar-refractivity contribution in [2.24, 2.45) is 0 Å². The Morgan fingerprint density at radius 3 is 2.38 bits per heavy atom. The van der Waals surface area contributed by atoms with E-state index in [1.165, 1.54) is 0 Å². The summed E-state index contributed by atoms with van der Waals surface area (Å²) in [6, 6.07) is 6.77. The third-order valence-corrected chi connectivity index (χ3v) is 4.65. The van der Waals surface area contributed by atoms with Crippen LogP contribution in [0.15, 0.2) is 40.6 Å². The molecule has 1 rings (SSSR count). The second-order valence-electron chi connectivity index (χ2n) is 6.83. The Hall–Kier alpha value is -1.66. The summed E-state index contributed by atoms with van der Waals surface area (Å²) in [5, 5.41) is 12.8. The van der Waals surface area contributed by atoms with Crippen LogP contribution in [-0.2, 0) is 15.5 Å². The standard InChI is InChI=1S/C18H27NO4S/c1-12-7-9-15(10-8-12)24(22)13(2)11-16(20)14(3)19-17(21)23-18(4,5)6/h7-10,14,16,20H,2,11H2,1,3-6H3,(H,19,21)/t14-,16-,24+/m0/s1. The molecule has 0 heterocycles. The van der Waals surface area contributed by atoms with Gasteiger partial charge in [-0.1, -0.05) is 24.3 Å². The van der Waals surface area contributed by atoms with Crippen molar-refractivity contribution >= 4 is 16.9 Å². The Bertz CT molecular complexity index is 604. The number of carbonyl (C=O) groups is 1. The number of alkyl carbamates (subject to hydrolysis) is 1. The predicted octanol–water partition coefficient (Wildman–Crippen LogP) is 3.28. The summed E-state index contributed by atoms with van der Waals surface area (Å²) in [5.74, 6) is 0. The zero-order valence-corrected chi connectivity index (χ0v) is 15.8. The summed E-state index contributed by atoms with van der Waals surface area (Å²) in [7, 11) is -1.40. The van der Waals surface area contributed by atoms with Crippen molar-refractivity contribution in [3.8, 4) is 0 Å². The molecule has 6 heteroatoms. The molecule has 1 aromatic carbocycles. The number of aryl methyl sites for hydroxylation is 1. The molecular formula is C18H27NO4S. The second kappa shape index (κ2) is 8.44. The average Bonchev–Trinajstić information content (AvgIpc) is 2.44. The third kappa shape index (κ3) is 6.84. The van der Waals surface area contributed by atoms with E-state index in [1.54, 1.807) is 39.8 Å². The zero-order valence-electron chi connectivity index (χ0n) is 15.0. The molecule has 134 valence electrons. The minimum atomic E-state index is -1.40. The van der Waals surface area contributed by atoms with Crippen molar-refractivity contribution < 1.29 is 18.8 Å². The number of nitrogens with one attached hydrogen (secondary N) is 1. The van der Waals surface area contributed by atoms with Crippen molar-refractivity contribution in [3.05, 3.63) is 41.3 Å². The van der Waals surface area contributed by atoms with Gasteiger partial charge in [0.15, 0.2) is 0 Å². The van der Waals surface area contributed by atoms with Gasteiger partial charge in [-0.3, -0.25) is 0 Å². The Kier molecular flexibility index (Phi) is 7.17. The quantitative estimate of drug-likeness (QED) is 0.823. The zero-order chi connectivity index (χ0) is 18.5. The highest BCUT2D eigenvalue weighted by atomic mass is 32.2. The lowest BCUT2D eigenvalue weighted by atomic mass is 10.1. The van der Waals surface area contributed by atoms with Crippen LogP contribution in [0.3, 0.4) is 0 Å². The molecule has 0 saturated heterocycles. The molecule has 0 aliphatic rings. The van der Waals surface area contributed by atoms with Crippen molar-refractivity contribution in [2.45, 2.75) is 63.7 Å². The first kappa shape index (κ1) is 20.4. The fraction of sp³-hybridized carbons (Fsp3) is 0.500. The highest BCUT2D eigenvalue weighted by Gasteiger charge is 2.23. The van der Waals surface area contributed by atoms with E-state index in [-0.39, 0.29) is 6.42 Å². The van der Waals surface area contributed by atoms with Gasteiger partial charge in [-0.25, -0.2) is 9.00 Å². The van der Waals surface area contributed by atoms with Gasteiger partial charge >= 0.3 is 6.09 Å². The van der Waals surface area contributed by atoms with E-state index in [4.69, 9.17) is 4.74 Å². The number of benzene rings is 1. The van der Waals surface area contributed by atoms with Crippen LogP contribution < -0.4 is 5.32 Å². The summed E-state index contributed by atoms with van der Waals surface area (Å²) >= 11 is 0. The first-order valence-electron chi connectivity index (χ1n) is 7.83. The number of rotatable bonds is 6. The van der Waals surface area contributed by atoms with Gasteiger partial charge in [0.25, 0.3) is 0 Å². The van der Waals surface area contributed by atoms with E-state index in [2.05, 4.69) is 11.9 Å². The first-order chi connectivity index (χ1) is 11.0. The fourth-order valence-electron chi connectivity index (χ4n) is 1.90. The molecule has 24 heavy (non-hydrogen) atoms. The Balaban J connectivity index is 2.58. The van der Waals surface area contributed by atoms with Gasteiger partial charge in [0.1, 0.15) is 5.60 Å². The molecule has 3 atom stereocenters. The molecule has 5 nitrogen and oxygen atoms in total. The Morgan fingerprint density at radius 2 is 1.88 bits per heavy atom. The number of amides is 1. The van der Waals surface area contributed by atoms with E-state index < -0.39 is 34.6 Å². The highest BCUT2D eigenvalue weighted by molar-refractivity contribution is 7.89. The normalized spacial score (nSPS) is 15.2. The molecule has 0 fully saturated rings. The van der Waals surface area contributed by atoms with Crippen molar-refractivity contribution in [1.29, 1.82) is 0 Å². The molecule has 1 aromatic rings. The maximum Gasteiger partial charge on any atom is 0.407 e. The predicted molar refractivity (Wildman–Crippen MR) is 96.2 cm³/mol. The molecule has 0 radical (unpaired) electrons. The fourth-order valence-corrected chi connectivity index (χ4v) is 2.94. The largest absolute Gasteiger partial charge is 0.444 e. The maximum atomic E-state index is 12.4. The van der Waals surface area contributed by atoms with Gasteiger partial charge in [-0.2, -0.15) is 0 Å². The minimum Gasteiger partial charge on any atom is -0.444 e. The van der Waals surface area contributed by atoms with Gasteiger partial charge < -0.3 is 15.2 Å². The SMILES string of the molecule is C=C(C[C@H](O)[C@H](C)NC(=O)OC(C)(C)C)[S@@](=O)c1ccc(C)cc1. The average molecular weight is 353 g/mol. The van der Waals surface area contributed by atoms with E-state index >= 15 is 0 Å². The lowest BCUT2D eigenvalue weighted by molar-refractivity contribution is 0.0438. The summed E-state index contributed by atoms with van der Waals surface area (Å²) in [6.07, 6.45) is -1.38. The van der Waals surface area contributed by atoms with Crippen molar-refractivity contribution in [1.82, 2.24) is 5.32 Å². The number of carbonyl (C=O) groups excluding carboxylic acids is 1. The Morgan fingerprint density at radius 1 is 1.33 bits per heavy atom. The van der Waals surface area contributed by atoms with Gasteiger partial charge in [-0.05, 0) is 46.8 Å². The summed E-state index contributed by atoms with van der Waals surface area (Å²) < 4.78 is 17.6. The van der Waals surface area contributed by atoms with Crippen LogP contribution >= 0.6 is 0 Å². The van der Waals surface area contributed by atoms with Crippen molar-refractivity contribution in [3.63, 3.8) is 0 Å². The van der Waals surface area contributed by atoms with Crippen LogP contribution in [0, 0.1) is 6.92 Å². The summed E-state index contributed by atoms with van der Waals surface area (Å²) in [6.45, 7) is 12.7. The van der Waals surface area contributed by atoms with Gasteiger partial charge in [0, 0.05) is 16.2 Å². The number of ether oxygens (including phenoxy) is 1. The minimum absolute atomic E-state index is 0.122. The third-order valence-electron chi connectivity index (χ3n) is 3.26. The molecule has 0 aliphatic carbocycles. The molecule has 0 unspecified atom stereocenters. The number of aliphatic hydroxyl groups excluding tert-OH is 1. The molecule has 1 amide bonds. The number of aliphatic hydroxyl groups is 1. The van der Waals surface area contributed by atoms with Gasteiger partial charge in [-0.15, -0.1) is 0 Å². The molecule has 0 aliphatic heterocycles. The molecular weight excluding hydrogens is 326 g/mol. The van der Waals surface area contributed by atoms with Crippen LogP contribution in [0.5, 0.6) is 0 Å². The van der Waals surface area contributed by atoms with Gasteiger partial charge in [0.2, 0.25) is 0 Å². The maximum absolute atomic E-state index is 12.4. The number of hydrogen-bond donors (Lipinski definition) is 2. The molecule has 0 saturated carbocycles. The molecule has 0 aromatic heterocycles. The molecule has 0 spiro atoms. The van der Waals surface area contributed by atoms with Gasteiger partial charge in [0.05, 0.1) is 22.9 Å². The van der Waals surface area contributed by atoms with Crippen LogP contribution in [0.2, 0.25) is 0 Å². The van der Waals surface area contributed by atoms with Crippen molar-refractivity contribution in [2.75, 3.05) is 0 Å². The number of hydrogen-bond acceptors (Lipinski definition) is 4. The van der Waals surface area contributed by atoms with Crippen LogP contribution in [0.1, 0.15) is 39.7 Å². The van der Waals surface area contributed by atoms with Crippen LogP contribution in [-0.4, -0.2) is 33.2 Å². The van der Waals surface area contributed by atoms with E-state index in [9.17, 15) is 14.1 Å². The van der Waals surface area contributed by atoms with E-state index in [0.717, 1.165) is 5.56 Å². The second-order valence-corrected chi connectivity index (χ2v) is 8.41. The Labute approximate surface area is 146 Å². The highest BCUT2D eigenvalue weighted by Crippen LogP contribution is 2.19. The van der Waals surface area contributed by atoms with E-state index in [0.29, 0.717) is 9.80 Å². The van der Waals surface area contributed by atoms with Crippen LogP contribution in [0.4, 0.5) is 4.79 Å². The van der Waals surface area contributed by atoms with Crippen LogP contribution in [0.25, 0.3) is 0 Å². The monoisotopic (exact) mass is 353 g/mol. The first-order valence-corrected chi connectivity index (χ1v) is 8.98. The smallest absolute Gasteiger partial charge is 0.407 e. The lowest BCUT2D eigenvalue weighted by Gasteiger charge is -2.24. The lowest BCUT2D eigenvalue weighted by Crippen LogP contribution is -2.43. The molecule has 2 N–H and O–H groups in total. The summed E-state index contributed by atoms with van der Waals surface area (Å²) in [5.41, 5.74) is 0.474. The molecule has 0 bridgehead atoms. The van der Waals surface area contributed by atoms with E-state index in [1.807, 2.05) is 19.1 Å².